The van der Waals surface area contributed by atoms with Gasteiger partial charge in [-0.3, -0.25) is 14.2 Å². The van der Waals surface area contributed by atoms with E-state index in [9.17, 15) is 9.59 Å². The van der Waals surface area contributed by atoms with E-state index >= 15 is 0 Å². The van der Waals surface area contributed by atoms with Crippen molar-refractivity contribution in [1.29, 1.82) is 0 Å². The number of ether oxygens (including phenoxy) is 1. The van der Waals surface area contributed by atoms with Crippen LogP contribution in [0.2, 0.25) is 0 Å². The number of methoxy groups -OCH3 is 1. The normalized spacial score (nSPS) is 10.8. The molecule has 0 aliphatic heterocycles. The fraction of sp³-hybridized carbons (Fsp3) is 0.286. The zero-order chi connectivity index (χ0) is 19.9. The SMILES string of the molecule is CCn1c(SCC(=O)NCCc2ccc(OC)cc2)nc2ccccc2c1=O. The third kappa shape index (κ3) is 4.72. The van der Waals surface area contributed by atoms with Gasteiger partial charge in [0.05, 0.1) is 23.8 Å². The van der Waals surface area contributed by atoms with Crippen molar-refractivity contribution in [3.05, 3.63) is 64.4 Å². The fourth-order valence-electron chi connectivity index (χ4n) is 2.86. The van der Waals surface area contributed by atoms with Crippen molar-refractivity contribution in [2.45, 2.75) is 25.0 Å². The zero-order valence-corrected chi connectivity index (χ0v) is 16.8. The Morgan fingerprint density at radius 1 is 1.18 bits per heavy atom. The number of aromatic nitrogens is 2. The minimum absolute atomic E-state index is 0.0736. The van der Waals surface area contributed by atoms with Crippen molar-refractivity contribution in [1.82, 2.24) is 14.9 Å². The monoisotopic (exact) mass is 397 g/mol. The van der Waals surface area contributed by atoms with Crippen molar-refractivity contribution >= 4 is 28.6 Å². The summed E-state index contributed by atoms with van der Waals surface area (Å²) in [5.74, 6) is 0.950. The molecule has 1 N–H and O–H groups in total. The summed E-state index contributed by atoms with van der Waals surface area (Å²) in [6, 6.07) is 15.1. The minimum Gasteiger partial charge on any atom is -0.497 e. The molecule has 3 rings (SSSR count). The lowest BCUT2D eigenvalue weighted by molar-refractivity contribution is -0.118. The minimum atomic E-state index is -0.0800. The first-order valence-electron chi connectivity index (χ1n) is 9.14. The first kappa shape index (κ1) is 19.9. The van der Waals surface area contributed by atoms with Gasteiger partial charge < -0.3 is 10.1 Å². The zero-order valence-electron chi connectivity index (χ0n) is 16.0. The number of rotatable bonds is 8. The van der Waals surface area contributed by atoms with Crippen LogP contribution >= 0.6 is 11.8 Å². The standard InChI is InChI=1S/C21H23N3O3S/c1-3-24-20(26)17-6-4-5-7-18(17)23-21(24)28-14-19(25)22-13-12-15-8-10-16(27-2)11-9-15/h4-11H,3,12-14H2,1-2H3,(H,22,25). The maximum atomic E-state index is 12.6. The number of nitrogens with one attached hydrogen (secondary N) is 1. The molecule has 3 aromatic rings. The van der Waals surface area contributed by atoms with Crippen LogP contribution in [0.5, 0.6) is 5.75 Å². The Morgan fingerprint density at radius 2 is 1.93 bits per heavy atom. The van der Waals surface area contributed by atoms with Crippen molar-refractivity contribution in [2.75, 3.05) is 19.4 Å². The van der Waals surface area contributed by atoms with E-state index in [4.69, 9.17) is 4.74 Å². The van der Waals surface area contributed by atoms with Gasteiger partial charge in [-0.05, 0) is 43.2 Å². The van der Waals surface area contributed by atoms with Gasteiger partial charge in [-0.1, -0.05) is 36.0 Å². The van der Waals surface area contributed by atoms with Crippen LogP contribution in [-0.4, -0.2) is 34.9 Å². The van der Waals surface area contributed by atoms with Crippen LogP contribution in [0.25, 0.3) is 10.9 Å². The van der Waals surface area contributed by atoms with E-state index in [1.165, 1.54) is 11.8 Å². The van der Waals surface area contributed by atoms with Gasteiger partial charge in [0.1, 0.15) is 5.75 Å². The average Bonchev–Trinajstić information content (AvgIpc) is 2.73. The topological polar surface area (TPSA) is 73.2 Å². The van der Waals surface area contributed by atoms with Crippen molar-refractivity contribution in [3.8, 4) is 5.75 Å². The molecule has 7 heteroatoms. The molecule has 6 nitrogen and oxygen atoms in total. The quantitative estimate of drug-likeness (QED) is 0.467. The van der Waals surface area contributed by atoms with E-state index in [2.05, 4.69) is 10.3 Å². The molecular weight excluding hydrogens is 374 g/mol. The Kier molecular flexibility index (Phi) is 6.71. The summed E-state index contributed by atoms with van der Waals surface area (Å²) in [6.07, 6.45) is 0.744. The van der Waals surface area contributed by atoms with Gasteiger partial charge in [0.15, 0.2) is 5.16 Å². The van der Waals surface area contributed by atoms with Crippen LogP contribution < -0.4 is 15.6 Å². The first-order valence-corrected chi connectivity index (χ1v) is 10.1. The van der Waals surface area contributed by atoms with Crippen molar-refractivity contribution in [2.24, 2.45) is 0 Å². The van der Waals surface area contributed by atoms with Gasteiger partial charge >= 0.3 is 0 Å². The number of carbonyl (C=O) groups is 1. The van der Waals surface area contributed by atoms with Crippen LogP contribution in [-0.2, 0) is 17.8 Å². The van der Waals surface area contributed by atoms with Crippen LogP contribution in [0, 0.1) is 0 Å². The molecule has 0 radical (unpaired) electrons. The predicted molar refractivity (Wildman–Crippen MR) is 112 cm³/mol. The highest BCUT2D eigenvalue weighted by Crippen LogP contribution is 2.17. The highest BCUT2D eigenvalue weighted by molar-refractivity contribution is 7.99. The molecule has 0 aliphatic rings. The van der Waals surface area contributed by atoms with Crippen molar-refractivity contribution in [3.63, 3.8) is 0 Å². The molecule has 146 valence electrons. The number of hydrogen-bond acceptors (Lipinski definition) is 5. The molecule has 0 atom stereocenters. The molecule has 0 fully saturated rings. The van der Waals surface area contributed by atoms with Gasteiger partial charge in [-0.2, -0.15) is 0 Å². The Balaban J connectivity index is 1.57. The van der Waals surface area contributed by atoms with E-state index in [-0.39, 0.29) is 17.2 Å². The molecule has 0 saturated carbocycles. The summed E-state index contributed by atoms with van der Waals surface area (Å²) in [4.78, 5) is 29.3. The molecule has 1 amide bonds. The Morgan fingerprint density at radius 3 is 2.64 bits per heavy atom. The lowest BCUT2D eigenvalue weighted by Crippen LogP contribution is -2.28. The van der Waals surface area contributed by atoms with Gasteiger partial charge in [-0.25, -0.2) is 4.98 Å². The summed E-state index contributed by atoms with van der Waals surface area (Å²) in [6.45, 7) is 2.96. The van der Waals surface area contributed by atoms with E-state index in [1.54, 1.807) is 17.7 Å². The van der Waals surface area contributed by atoms with Crippen LogP contribution in [0.15, 0.2) is 58.5 Å². The number of nitrogens with zero attached hydrogens (tertiary/aromatic N) is 2. The van der Waals surface area contributed by atoms with E-state index in [1.807, 2.05) is 49.4 Å². The number of carbonyl (C=O) groups excluding carboxylic acids is 1. The molecule has 28 heavy (non-hydrogen) atoms. The van der Waals surface area contributed by atoms with Crippen LogP contribution in [0.4, 0.5) is 0 Å². The number of amides is 1. The summed E-state index contributed by atoms with van der Waals surface area (Å²) in [7, 11) is 1.63. The average molecular weight is 398 g/mol. The van der Waals surface area contributed by atoms with E-state index in [0.717, 1.165) is 17.7 Å². The third-order valence-electron chi connectivity index (χ3n) is 4.37. The number of para-hydroxylation sites is 1. The Hall–Kier alpha value is -2.80. The maximum Gasteiger partial charge on any atom is 0.262 e. The van der Waals surface area contributed by atoms with Gasteiger partial charge in [0.25, 0.3) is 5.56 Å². The second kappa shape index (κ2) is 9.41. The van der Waals surface area contributed by atoms with E-state index in [0.29, 0.717) is 29.1 Å². The fourth-order valence-corrected chi connectivity index (χ4v) is 3.75. The Bertz CT molecular complexity index is 1020. The molecular formula is C21H23N3O3S. The number of fused-ring (bicyclic) bond motifs is 1. The summed E-state index contributed by atoms with van der Waals surface area (Å²) in [5.41, 5.74) is 1.71. The highest BCUT2D eigenvalue weighted by Gasteiger charge is 2.12. The molecule has 0 bridgehead atoms. The maximum absolute atomic E-state index is 12.6. The largest absolute Gasteiger partial charge is 0.497 e. The lowest BCUT2D eigenvalue weighted by Gasteiger charge is -2.11. The molecule has 0 saturated heterocycles. The molecule has 1 aromatic heterocycles. The number of hydrogen-bond donors (Lipinski definition) is 1. The first-order chi connectivity index (χ1) is 13.6. The highest BCUT2D eigenvalue weighted by atomic mass is 32.2. The summed E-state index contributed by atoms with van der Waals surface area (Å²) < 4.78 is 6.75. The molecule has 0 spiro atoms. The predicted octanol–water partition coefficient (Wildman–Crippen LogP) is 2.88. The smallest absolute Gasteiger partial charge is 0.262 e. The van der Waals surface area contributed by atoms with Gasteiger partial charge in [0, 0.05) is 13.1 Å². The van der Waals surface area contributed by atoms with E-state index < -0.39 is 0 Å². The molecule has 2 aromatic carbocycles. The van der Waals surface area contributed by atoms with Crippen molar-refractivity contribution < 1.29 is 9.53 Å². The Labute approximate surface area is 167 Å². The van der Waals surface area contributed by atoms with Gasteiger partial charge in [0.2, 0.25) is 5.91 Å². The number of benzene rings is 2. The lowest BCUT2D eigenvalue weighted by atomic mass is 10.1. The van der Waals surface area contributed by atoms with Crippen LogP contribution in [0.1, 0.15) is 12.5 Å². The summed E-state index contributed by atoms with van der Waals surface area (Å²) >= 11 is 1.28. The van der Waals surface area contributed by atoms with Crippen LogP contribution in [0.3, 0.4) is 0 Å². The second-order valence-electron chi connectivity index (χ2n) is 6.20. The number of thioether (sulfide) groups is 1. The van der Waals surface area contributed by atoms with Gasteiger partial charge in [-0.15, -0.1) is 0 Å². The summed E-state index contributed by atoms with van der Waals surface area (Å²) in [5, 5.41) is 4.07. The molecule has 0 unspecified atom stereocenters. The third-order valence-corrected chi connectivity index (χ3v) is 5.35. The second-order valence-corrected chi connectivity index (χ2v) is 7.14. The molecule has 0 aliphatic carbocycles. The molecule has 1 heterocycles.